The monoisotopic (exact) mass is 270 g/mol. The van der Waals surface area contributed by atoms with Crippen LogP contribution in [0.1, 0.15) is 48.0 Å². The topological polar surface area (TPSA) is 75.3 Å². The van der Waals surface area contributed by atoms with Gasteiger partial charge in [0.15, 0.2) is 0 Å². The normalized spacial score (nSPS) is 13.0. The lowest BCUT2D eigenvalue weighted by atomic mass is 9.96. The first kappa shape index (κ1) is 17.6. The lowest BCUT2D eigenvalue weighted by Crippen LogP contribution is -2.56. The number of hydrogen-bond acceptors (Lipinski definition) is 3. The third-order valence-corrected chi connectivity index (χ3v) is 2.77. The van der Waals surface area contributed by atoms with Crippen molar-refractivity contribution in [2.75, 3.05) is 6.54 Å². The number of hydrogen-bond donors (Lipinski definition) is 2. The van der Waals surface area contributed by atoms with Gasteiger partial charge in [0.1, 0.15) is 11.3 Å². The Morgan fingerprint density at radius 2 is 1.63 bits per heavy atom. The molecule has 0 aliphatic carbocycles. The van der Waals surface area contributed by atoms with Crippen LogP contribution in [0.2, 0.25) is 0 Å². The number of rotatable bonds is 7. The Hall–Kier alpha value is -1.39. The van der Waals surface area contributed by atoms with Crippen LogP contribution in [-0.4, -0.2) is 29.7 Å². The van der Waals surface area contributed by atoms with E-state index in [1.54, 1.807) is 13.8 Å². The number of carbonyl (C=O) groups is 3. The highest BCUT2D eigenvalue weighted by Gasteiger charge is 2.30. The van der Waals surface area contributed by atoms with Crippen molar-refractivity contribution in [3.05, 3.63) is 0 Å². The first-order valence-corrected chi connectivity index (χ1v) is 6.66. The molecule has 0 saturated heterocycles. The molecule has 2 N–H and O–H groups in total. The SMILES string of the molecule is CC(=O)CNC(=O)C(C)(C)NC(=O)[C@H](C)CC(C)C. The van der Waals surface area contributed by atoms with E-state index >= 15 is 0 Å². The van der Waals surface area contributed by atoms with Crippen LogP contribution in [0, 0.1) is 11.8 Å². The number of carbonyl (C=O) groups excluding carboxylic acids is 3. The zero-order chi connectivity index (χ0) is 15.2. The average molecular weight is 270 g/mol. The molecule has 19 heavy (non-hydrogen) atoms. The van der Waals surface area contributed by atoms with Crippen molar-refractivity contribution >= 4 is 17.6 Å². The van der Waals surface area contributed by atoms with Crippen LogP contribution in [0.25, 0.3) is 0 Å². The number of amides is 2. The Kier molecular flexibility index (Phi) is 6.73. The maximum atomic E-state index is 12.0. The lowest BCUT2D eigenvalue weighted by Gasteiger charge is -2.27. The maximum absolute atomic E-state index is 12.0. The van der Waals surface area contributed by atoms with Gasteiger partial charge in [0.05, 0.1) is 6.54 Å². The molecule has 0 saturated carbocycles. The van der Waals surface area contributed by atoms with Crippen LogP contribution in [0.5, 0.6) is 0 Å². The number of ketones is 1. The lowest BCUT2D eigenvalue weighted by molar-refractivity contribution is -0.134. The largest absolute Gasteiger partial charge is 0.347 e. The fourth-order valence-electron chi connectivity index (χ4n) is 1.73. The Bertz CT molecular complexity index is 349. The van der Waals surface area contributed by atoms with Gasteiger partial charge in [-0.25, -0.2) is 0 Å². The minimum atomic E-state index is -1.02. The highest BCUT2D eigenvalue weighted by atomic mass is 16.2. The zero-order valence-corrected chi connectivity index (χ0v) is 12.8. The molecule has 0 fully saturated rings. The summed E-state index contributed by atoms with van der Waals surface area (Å²) in [4.78, 5) is 34.7. The summed E-state index contributed by atoms with van der Waals surface area (Å²) in [6.45, 7) is 10.6. The fourth-order valence-corrected chi connectivity index (χ4v) is 1.73. The second-order valence-corrected chi connectivity index (χ2v) is 6.03. The van der Waals surface area contributed by atoms with Crippen LogP contribution in [-0.2, 0) is 14.4 Å². The summed E-state index contributed by atoms with van der Waals surface area (Å²) in [6, 6.07) is 0. The predicted molar refractivity (Wildman–Crippen MR) is 74.5 cm³/mol. The minimum absolute atomic E-state index is 0.0142. The zero-order valence-electron chi connectivity index (χ0n) is 12.8. The number of nitrogens with one attached hydrogen (secondary N) is 2. The first-order valence-electron chi connectivity index (χ1n) is 6.66. The second kappa shape index (κ2) is 7.26. The van der Waals surface area contributed by atoms with E-state index in [0.717, 1.165) is 6.42 Å². The summed E-state index contributed by atoms with van der Waals surface area (Å²) in [7, 11) is 0. The van der Waals surface area contributed by atoms with Gasteiger partial charge in [0, 0.05) is 5.92 Å². The highest BCUT2D eigenvalue weighted by Crippen LogP contribution is 2.13. The molecule has 2 amide bonds. The molecule has 5 heteroatoms. The third-order valence-electron chi connectivity index (χ3n) is 2.77. The van der Waals surface area contributed by atoms with E-state index < -0.39 is 5.54 Å². The standard InChI is InChI=1S/C14H26N2O3/c1-9(2)7-10(3)12(18)16-14(5,6)13(19)15-8-11(4)17/h9-10H,7-8H2,1-6H3,(H,15,19)(H,16,18)/t10-/m1/s1. The van der Waals surface area contributed by atoms with E-state index in [1.165, 1.54) is 6.92 Å². The summed E-state index contributed by atoms with van der Waals surface area (Å²) in [6.07, 6.45) is 0.775. The molecule has 0 aromatic rings. The average Bonchev–Trinajstić information content (AvgIpc) is 2.23. The van der Waals surface area contributed by atoms with Crippen LogP contribution in [0.15, 0.2) is 0 Å². The van der Waals surface area contributed by atoms with Gasteiger partial charge in [-0.2, -0.15) is 0 Å². The predicted octanol–water partition coefficient (Wildman–Crippen LogP) is 1.27. The molecule has 0 unspecified atom stereocenters. The van der Waals surface area contributed by atoms with Gasteiger partial charge in [0.25, 0.3) is 0 Å². The van der Waals surface area contributed by atoms with Gasteiger partial charge in [-0.15, -0.1) is 0 Å². The van der Waals surface area contributed by atoms with Crippen LogP contribution in [0.4, 0.5) is 0 Å². The first-order chi connectivity index (χ1) is 8.56. The summed E-state index contributed by atoms with van der Waals surface area (Å²) in [5, 5.41) is 5.23. The molecule has 0 rings (SSSR count). The van der Waals surface area contributed by atoms with E-state index in [-0.39, 0.29) is 30.1 Å². The Morgan fingerprint density at radius 1 is 1.11 bits per heavy atom. The molecule has 0 aliphatic rings. The molecule has 110 valence electrons. The van der Waals surface area contributed by atoms with Crippen LogP contribution >= 0.6 is 0 Å². The summed E-state index contributed by atoms with van der Waals surface area (Å²) >= 11 is 0. The molecule has 0 radical (unpaired) electrons. The van der Waals surface area contributed by atoms with Crippen molar-refractivity contribution in [1.82, 2.24) is 10.6 Å². The summed E-state index contributed by atoms with van der Waals surface area (Å²) in [5.74, 6) is -0.330. The van der Waals surface area contributed by atoms with Crippen molar-refractivity contribution in [1.29, 1.82) is 0 Å². The van der Waals surface area contributed by atoms with Crippen molar-refractivity contribution in [3.8, 4) is 0 Å². The molecule has 0 heterocycles. The van der Waals surface area contributed by atoms with Gasteiger partial charge in [0.2, 0.25) is 11.8 Å². The second-order valence-electron chi connectivity index (χ2n) is 6.03. The van der Waals surface area contributed by atoms with Gasteiger partial charge in [-0.3, -0.25) is 14.4 Å². The van der Waals surface area contributed by atoms with E-state index in [1.807, 2.05) is 6.92 Å². The van der Waals surface area contributed by atoms with Crippen molar-refractivity contribution in [2.45, 2.75) is 53.5 Å². The highest BCUT2D eigenvalue weighted by molar-refractivity contribution is 5.93. The molecule has 0 spiro atoms. The molecule has 1 atom stereocenters. The van der Waals surface area contributed by atoms with E-state index in [0.29, 0.717) is 5.92 Å². The van der Waals surface area contributed by atoms with Crippen molar-refractivity contribution < 1.29 is 14.4 Å². The van der Waals surface area contributed by atoms with Gasteiger partial charge < -0.3 is 10.6 Å². The van der Waals surface area contributed by atoms with Gasteiger partial charge >= 0.3 is 0 Å². The van der Waals surface area contributed by atoms with Gasteiger partial charge in [-0.05, 0) is 33.1 Å². The fraction of sp³-hybridized carbons (Fsp3) is 0.786. The van der Waals surface area contributed by atoms with E-state index in [4.69, 9.17) is 0 Å². The summed E-state index contributed by atoms with van der Waals surface area (Å²) < 4.78 is 0. The quantitative estimate of drug-likeness (QED) is 0.731. The minimum Gasteiger partial charge on any atom is -0.347 e. The number of Topliss-reactive ketones (excluding diaryl/α,β-unsaturated/α-hetero) is 1. The molecule has 0 bridgehead atoms. The van der Waals surface area contributed by atoms with Crippen molar-refractivity contribution in [3.63, 3.8) is 0 Å². The van der Waals surface area contributed by atoms with E-state index in [2.05, 4.69) is 24.5 Å². The molecular weight excluding hydrogens is 244 g/mol. The Balaban J connectivity index is 4.45. The molecule has 0 aliphatic heterocycles. The van der Waals surface area contributed by atoms with E-state index in [9.17, 15) is 14.4 Å². The van der Waals surface area contributed by atoms with Crippen LogP contribution in [0.3, 0.4) is 0 Å². The third kappa shape index (κ3) is 6.94. The summed E-state index contributed by atoms with van der Waals surface area (Å²) in [5.41, 5.74) is -1.02. The molecule has 0 aromatic carbocycles. The molecular formula is C14H26N2O3. The smallest absolute Gasteiger partial charge is 0.245 e. The molecule has 5 nitrogen and oxygen atoms in total. The Labute approximate surface area is 115 Å². The van der Waals surface area contributed by atoms with Crippen molar-refractivity contribution in [2.24, 2.45) is 11.8 Å². The Morgan fingerprint density at radius 3 is 2.05 bits per heavy atom. The maximum Gasteiger partial charge on any atom is 0.245 e. The van der Waals surface area contributed by atoms with Gasteiger partial charge in [-0.1, -0.05) is 20.8 Å². The van der Waals surface area contributed by atoms with Crippen LogP contribution < -0.4 is 10.6 Å². The molecule has 0 aromatic heterocycles.